The van der Waals surface area contributed by atoms with Gasteiger partial charge in [0, 0.05) is 29.2 Å². The van der Waals surface area contributed by atoms with Crippen molar-refractivity contribution in [1.29, 1.82) is 0 Å². The molecule has 0 aromatic heterocycles. The molecule has 0 saturated carbocycles. The SMILES string of the molecule is COc1cc(N2CCCC2)c(OC)cc1/C=C1\C(=O)NC(=O)N(c2cccc(Br)c2)C1=O. The number of nitrogens with one attached hydrogen (secondary N) is 1. The zero-order valence-electron chi connectivity index (χ0n) is 17.7. The minimum absolute atomic E-state index is 0.182. The van der Waals surface area contributed by atoms with Gasteiger partial charge in [-0.25, -0.2) is 9.69 Å². The minimum Gasteiger partial charge on any atom is -0.496 e. The lowest BCUT2D eigenvalue weighted by atomic mass is 10.0. The van der Waals surface area contributed by atoms with Crippen LogP contribution in [0.2, 0.25) is 0 Å². The Morgan fingerprint density at radius 1 is 1.00 bits per heavy atom. The smallest absolute Gasteiger partial charge is 0.335 e. The Morgan fingerprint density at radius 3 is 2.38 bits per heavy atom. The molecule has 9 heteroatoms. The van der Waals surface area contributed by atoms with Crippen molar-refractivity contribution in [2.45, 2.75) is 12.8 Å². The molecule has 2 aliphatic heterocycles. The number of hydrogen-bond acceptors (Lipinski definition) is 6. The van der Waals surface area contributed by atoms with Crippen LogP contribution < -0.4 is 24.6 Å². The first-order chi connectivity index (χ1) is 15.4. The van der Waals surface area contributed by atoms with E-state index >= 15 is 0 Å². The molecule has 2 saturated heterocycles. The van der Waals surface area contributed by atoms with E-state index in [2.05, 4.69) is 26.1 Å². The van der Waals surface area contributed by atoms with Gasteiger partial charge in [-0.15, -0.1) is 0 Å². The number of barbiturate groups is 1. The topological polar surface area (TPSA) is 88.2 Å². The molecule has 1 N–H and O–H groups in total. The van der Waals surface area contributed by atoms with Crippen molar-refractivity contribution in [1.82, 2.24) is 5.32 Å². The molecular weight excluding hydrogens is 478 g/mol. The summed E-state index contributed by atoms with van der Waals surface area (Å²) in [7, 11) is 3.10. The van der Waals surface area contributed by atoms with Crippen LogP contribution in [0.3, 0.4) is 0 Å². The molecule has 2 fully saturated rings. The summed E-state index contributed by atoms with van der Waals surface area (Å²) in [6, 6.07) is 9.49. The van der Waals surface area contributed by atoms with Gasteiger partial charge in [0.25, 0.3) is 11.8 Å². The fourth-order valence-electron chi connectivity index (χ4n) is 3.89. The predicted molar refractivity (Wildman–Crippen MR) is 124 cm³/mol. The normalized spacial score (nSPS) is 17.7. The lowest BCUT2D eigenvalue weighted by molar-refractivity contribution is -0.122. The van der Waals surface area contributed by atoms with Crippen LogP contribution in [-0.4, -0.2) is 45.2 Å². The van der Waals surface area contributed by atoms with Crippen molar-refractivity contribution in [3.63, 3.8) is 0 Å². The van der Waals surface area contributed by atoms with E-state index in [1.54, 1.807) is 37.4 Å². The molecule has 0 radical (unpaired) electrons. The Morgan fingerprint density at radius 2 is 1.72 bits per heavy atom. The van der Waals surface area contributed by atoms with Gasteiger partial charge in [-0.1, -0.05) is 22.0 Å². The molecule has 0 aliphatic carbocycles. The molecule has 4 amide bonds. The van der Waals surface area contributed by atoms with Crippen molar-refractivity contribution in [2.24, 2.45) is 0 Å². The average molecular weight is 500 g/mol. The van der Waals surface area contributed by atoms with Gasteiger partial charge in [-0.2, -0.15) is 0 Å². The second-order valence-electron chi connectivity index (χ2n) is 7.40. The second kappa shape index (κ2) is 9.04. The van der Waals surface area contributed by atoms with Gasteiger partial charge >= 0.3 is 6.03 Å². The maximum atomic E-state index is 13.2. The zero-order chi connectivity index (χ0) is 22.8. The van der Waals surface area contributed by atoms with E-state index in [1.807, 2.05) is 6.07 Å². The van der Waals surface area contributed by atoms with Gasteiger partial charge in [-0.05, 0) is 43.2 Å². The van der Waals surface area contributed by atoms with E-state index in [4.69, 9.17) is 9.47 Å². The lowest BCUT2D eigenvalue weighted by Crippen LogP contribution is -2.54. The molecule has 2 aromatic carbocycles. The quantitative estimate of drug-likeness (QED) is 0.498. The van der Waals surface area contributed by atoms with Crippen LogP contribution in [0.5, 0.6) is 11.5 Å². The minimum atomic E-state index is -0.802. The number of anilines is 2. The van der Waals surface area contributed by atoms with Gasteiger partial charge in [0.1, 0.15) is 17.1 Å². The van der Waals surface area contributed by atoms with Crippen molar-refractivity contribution >= 4 is 51.2 Å². The first kappa shape index (κ1) is 21.9. The summed E-state index contributed by atoms with van der Waals surface area (Å²) < 4.78 is 11.8. The number of methoxy groups -OCH3 is 2. The lowest BCUT2D eigenvalue weighted by Gasteiger charge is -2.27. The van der Waals surface area contributed by atoms with Crippen molar-refractivity contribution in [2.75, 3.05) is 37.1 Å². The number of carbonyl (C=O) groups is 3. The fourth-order valence-corrected chi connectivity index (χ4v) is 4.27. The first-order valence-electron chi connectivity index (χ1n) is 10.1. The molecular formula is C23H22BrN3O5. The molecule has 0 spiro atoms. The summed E-state index contributed by atoms with van der Waals surface area (Å²) in [4.78, 5) is 41.3. The monoisotopic (exact) mass is 499 g/mol. The number of halogens is 1. The third kappa shape index (κ3) is 4.08. The van der Waals surface area contributed by atoms with E-state index in [0.29, 0.717) is 27.2 Å². The van der Waals surface area contributed by atoms with Crippen LogP contribution in [0.4, 0.5) is 16.2 Å². The van der Waals surface area contributed by atoms with Gasteiger partial charge in [0.2, 0.25) is 0 Å². The molecule has 2 aliphatic rings. The van der Waals surface area contributed by atoms with Crippen LogP contribution in [0.1, 0.15) is 18.4 Å². The van der Waals surface area contributed by atoms with Crippen LogP contribution >= 0.6 is 15.9 Å². The molecule has 8 nitrogen and oxygen atoms in total. The molecule has 0 bridgehead atoms. The highest BCUT2D eigenvalue weighted by Crippen LogP contribution is 2.38. The van der Waals surface area contributed by atoms with E-state index in [1.165, 1.54) is 13.2 Å². The van der Waals surface area contributed by atoms with E-state index in [9.17, 15) is 14.4 Å². The Balaban J connectivity index is 1.76. The highest BCUT2D eigenvalue weighted by molar-refractivity contribution is 9.10. The Hall–Kier alpha value is -3.33. The van der Waals surface area contributed by atoms with Crippen molar-refractivity contribution in [3.8, 4) is 11.5 Å². The summed E-state index contributed by atoms with van der Waals surface area (Å²) in [5, 5.41) is 2.23. The summed E-state index contributed by atoms with van der Waals surface area (Å²) in [6.07, 6.45) is 3.63. The Labute approximate surface area is 193 Å². The predicted octanol–water partition coefficient (Wildman–Crippen LogP) is 3.73. The highest BCUT2D eigenvalue weighted by atomic mass is 79.9. The zero-order valence-corrected chi connectivity index (χ0v) is 19.3. The number of imide groups is 2. The number of carbonyl (C=O) groups excluding carboxylic acids is 3. The van der Waals surface area contributed by atoms with Crippen LogP contribution in [-0.2, 0) is 9.59 Å². The summed E-state index contributed by atoms with van der Waals surface area (Å²) in [6.45, 7) is 1.84. The molecule has 32 heavy (non-hydrogen) atoms. The molecule has 0 unspecified atom stereocenters. The van der Waals surface area contributed by atoms with Gasteiger partial charge in [-0.3, -0.25) is 14.9 Å². The van der Waals surface area contributed by atoms with Gasteiger partial charge in [0.15, 0.2) is 0 Å². The maximum absolute atomic E-state index is 13.2. The largest absolute Gasteiger partial charge is 0.496 e. The summed E-state index contributed by atoms with van der Waals surface area (Å²) >= 11 is 3.33. The molecule has 2 aromatic rings. The van der Waals surface area contributed by atoms with E-state index in [-0.39, 0.29) is 5.57 Å². The van der Waals surface area contributed by atoms with Gasteiger partial charge in [0.05, 0.1) is 25.6 Å². The van der Waals surface area contributed by atoms with Crippen LogP contribution in [0.15, 0.2) is 46.4 Å². The number of urea groups is 1. The summed E-state index contributed by atoms with van der Waals surface area (Å²) in [5.74, 6) is -0.382. The number of ether oxygens (including phenoxy) is 2. The Kier molecular flexibility index (Phi) is 6.18. The van der Waals surface area contributed by atoms with Crippen LogP contribution in [0.25, 0.3) is 6.08 Å². The number of nitrogens with zero attached hydrogens (tertiary/aromatic N) is 2. The maximum Gasteiger partial charge on any atom is 0.335 e. The molecule has 4 rings (SSSR count). The Bertz CT molecular complexity index is 1120. The standard InChI is InChI=1S/C23H22BrN3O5/c1-31-19-13-18(26-8-3-4-9-26)20(32-2)11-14(19)10-17-21(28)25-23(30)27(22(17)29)16-7-5-6-15(24)12-16/h5-7,10-13H,3-4,8-9H2,1-2H3,(H,25,28,30)/b17-10+. The van der Waals surface area contributed by atoms with Crippen molar-refractivity contribution < 1.29 is 23.9 Å². The number of rotatable bonds is 5. The van der Waals surface area contributed by atoms with E-state index in [0.717, 1.165) is 36.5 Å². The fraction of sp³-hybridized carbons (Fsp3) is 0.261. The number of benzene rings is 2. The van der Waals surface area contributed by atoms with Crippen molar-refractivity contribution in [3.05, 3.63) is 52.0 Å². The molecule has 0 atom stereocenters. The number of amides is 4. The van der Waals surface area contributed by atoms with Crippen LogP contribution in [0, 0.1) is 0 Å². The number of hydrogen-bond donors (Lipinski definition) is 1. The summed E-state index contributed by atoms with van der Waals surface area (Å²) in [5.41, 5.74) is 1.55. The highest BCUT2D eigenvalue weighted by Gasteiger charge is 2.37. The van der Waals surface area contributed by atoms with Gasteiger partial charge < -0.3 is 14.4 Å². The average Bonchev–Trinajstić information content (AvgIpc) is 3.30. The first-order valence-corrected chi connectivity index (χ1v) is 10.9. The third-order valence-electron chi connectivity index (χ3n) is 5.45. The van der Waals surface area contributed by atoms with E-state index < -0.39 is 17.8 Å². The molecule has 2 heterocycles. The third-order valence-corrected chi connectivity index (χ3v) is 5.94. The molecule has 166 valence electrons. The second-order valence-corrected chi connectivity index (χ2v) is 8.31.